The molecule has 0 amide bonds. The molecule has 0 heterocycles. The summed E-state index contributed by atoms with van der Waals surface area (Å²) in [6, 6.07) is -0.837. The van der Waals surface area contributed by atoms with Gasteiger partial charge in [0.15, 0.2) is 6.29 Å². The lowest BCUT2D eigenvalue weighted by atomic mass is 10.3. The quantitative estimate of drug-likeness (QED) is 0.643. The molecule has 0 aromatic rings. The van der Waals surface area contributed by atoms with E-state index in [-0.39, 0.29) is 0 Å². The van der Waals surface area contributed by atoms with Gasteiger partial charge in [-0.15, -0.1) is 0 Å². The summed E-state index contributed by atoms with van der Waals surface area (Å²) < 4.78 is 70.6. The van der Waals surface area contributed by atoms with E-state index in [2.05, 4.69) is 0 Å². The third-order valence-corrected chi connectivity index (χ3v) is 2.88. The van der Waals surface area contributed by atoms with Crippen LogP contribution < -0.4 is 9.44 Å². The zero-order valence-electron chi connectivity index (χ0n) is 9.54. The van der Waals surface area contributed by atoms with Crippen molar-refractivity contribution < 1.29 is 31.1 Å². The van der Waals surface area contributed by atoms with Gasteiger partial charge in [-0.1, -0.05) is 0 Å². The molecule has 17 heavy (non-hydrogen) atoms. The van der Waals surface area contributed by atoms with Gasteiger partial charge in [-0.3, -0.25) is 0 Å². The number of alkyl halides is 3. The van der Waals surface area contributed by atoms with E-state index < -0.39 is 35.3 Å². The van der Waals surface area contributed by atoms with E-state index in [0.29, 0.717) is 0 Å². The monoisotopic (exact) mass is 280 g/mol. The summed E-state index contributed by atoms with van der Waals surface area (Å²) >= 11 is 0. The molecule has 0 saturated carbocycles. The van der Waals surface area contributed by atoms with Gasteiger partial charge in [0.05, 0.1) is 6.04 Å². The lowest BCUT2D eigenvalue weighted by Crippen LogP contribution is -2.49. The van der Waals surface area contributed by atoms with Crippen LogP contribution in [0.25, 0.3) is 0 Å². The SMILES string of the molecule is COC(OC)C(C)NS(=O)(=O)NCC(F)(F)F. The summed E-state index contributed by atoms with van der Waals surface area (Å²) in [6.45, 7) is -0.246. The molecule has 0 spiro atoms. The Morgan fingerprint density at radius 1 is 1.24 bits per heavy atom. The maximum atomic E-state index is 11.8. The van der Waals surface area contributed by atoms with Crippen molar-refractivity contribution in [2.24, 2.45) is 0 Å². The third kappa shape index (κ3) is 7.49. The Hall–Kier alpha value is -0.420. The van der Waals surface area contributed by atoms with E-state index >= 15 is 0 Å². The molecule has 0 aliphatic heterocycles. The summed E-state index contributed by atoms with van der Waals surface area (Å²) in [4.78, 5) is 0. The van der Waals surface area contributed by atoms with Crippen LogP contribution in [-0.2, 0) is 19.7 Å². The van der Waals surface area contributed by atoms with Crippen LogP contribution in [-0.4, -0.2) is 47.7 Å². The Morgan fingerprint density at radius 2 is 1.71 bits per heavy atom. The Bertz CT molecular complexity index is 316. The second kappa shape index (κ2) is 6.50. The molecule has 104 valence electrons. The number of hydrogen-bond acceptors (Lipinski definition) is 4. The van der Waals surface area contributed by atoms with Gasteiger partial charge < -0.3 is 9.47 Å². The van der Waals surface area contributed by atoms with E-state index in [9.17, 15) is 21.6 Å². The van der Waals surface area contributed by atoms with E-state index in [1.807, 2.05) is 4.72 Å². The smallest absolute Gasteiger partial charge is 0.354 e. The minimum atomic E-state index is -4.61. The van der Waals surface area contributed by atoms with Crippen LogP contribution in [0, 0.1) is 0 Å². The van der Waals surface area contributed by atoms with E-state index in [0.717, 1.165) is 0 Å². The van der Waals surface area contributed by atoms with Crippen LogP contribution >= 0.6 is 0 Å². The van der Waals surface area contributed by atoms with Gasteiger partial charge in [0, 0.05) is 14.2 Å². The predicted octanol–water partition coefficient (Wildman–Crippen LogP) is -0.0199. The third-order valence-electron chi connectivity index (χ3n) is 1.68. The molecule has 0 bridgehead atoms. The van der Waals surface area contributed by atoms with Crippen molar-refractivity contribution >= 4 is 10.2 Å². The molecule has 1 atom stereocenters. The molecule has 0 rings (SSSR count). The molecule has 0 aliphatic carbocycles. The molecule has 0 saturated heterocycles. The standard InChI is InChI=1S/C7H15F3N2O4S/c1-5(6(15-2)16-3)12-17(13,14)11-4-7(8,9)10/h5-6,11-12H,4H2,1-3H3. The average Bonchev–Trinajstić information content (AvgIpc) is 2.15. The zero-order chi connectivity index (χ0) is 13.7. The van der Waals surface area contributed by atoms with Crippen molar-refractivity contribution in [1.29, 1.82) is 0 Å². The number of methoxy groups -OCH3 is 2. The van der Waals surface area contributed by atoms with Gasteiger partial charge in [-0.2, -0.15) is 31.0 Å². The molecule has 0 fully saturated rings. The van der Waals surface area contributed by atoms with Crippen molar-refractivity contribution in [2.75, 3.05) is 20.8 Å². The molecule has 2 N–H and O–H groups in total. The largest absolute Gasteiger partial charge is 0.402 e. The Balaban J connectivity index is 4.35. The molecule has 0 aromatic heterocycles. The molecule has 0 radical (unpaired) electrons. The van der Waals surface area contributed by atoms with Crippen molar-refractivity contribution in [3.63, 3.8) is 0 Å². The highest BCUT2D eigenvalue weighted by molar-refractivity contribution is 7.87. The second-order valence-corrected chi connectivity index (χ2v) is 4.72. The fourth-order valence-electron chi connectivity index (χ4n) is 1.02. The van der Waals surface area contributed by atoms with Crippen LogP contribution in [0.2, 0.25) is 0 Å². The normalized spacial score (nSPS) is 15.2. The van der Waals surface area contributed by atoms with Crippen molar-refractivity contribution in [3.05, 3.63) is 0 Å². The first-order valence-electron chi connectivity index (χ1n) is 4.50. The number of rotatable bonds is 7. The summed E-state index contributed by atoms with van der Waals surface area (Å²) in [5.41, 5.74) is 0. The number of halogens is 3. The van der Waals surface area contributed by atoms with Crippen molar-refractivity contribution in [2.45, 2.75) is 25.4 Å². The van der Waals surface area contributed by atoms with Gasteiger partial charge in [0.1, 0.15) is 6.54 Å². The van der Waals surface area contributed by atoms with E-state index in [1.54, 1.807) is 0 Å². The molecular formula is C7H15F3N2O4S. The molecule has 1 unspecified atom stereocenters. The van der Waals surface area contributed by atoms with Gasteiger partial charge in [-0.05, 0) is 6.92 Å². The average molecular weight is 280 g/mol. The van der Waals surface area contributed by atoms with E-state index in [4.69, 9.17) is 9.47 Å². The topological polar surface area (TPSA) is 76.7 Å². The Morgan fingerprint density at radius 3 is 2.06 bits per heavy atom. The van der Waals surface area contributed by atoms with E-state index in [1.165, 1.54) is 25.9 Å². The summed E-state index contributed by atoms with van der Waals surface area (Å²) in [6.07, 6.45) is -5.50. The van der Waals surface area contributed by atoms with Crippen LogP contribution in [0.1, 0.15) is 6.92 Å². The first-order chi connectivity index (χ1) is 7.61. The van der Waals surface area contributed by atoms with Crippen molar-refractivity contribution in [3.8, 4) is 0 Å². The highest BCUT2D eigenvalue weighted by Crippen LogP contribution is 2.12. The molecule has 10 heteroatoms. The van der Waals surface area contributed by atoms with Crippen LogP contribution in [0.4, 0.5) is 13.2 Å². The predicted molar refractivity (Wildman–Crippen MR) is 53.4 cm³/mol. The van der Waals surface area contributed by atoms with Gasteiger partial charge in [-0.25, -0.2) is 0 Å². The Kier molecular flexibility index (Phi) is 6.34. The number of nitrogens with one attached hydrogen (secondary N) is 2. The molecule has 6 nitrogen and oxygen atoms in total. The second-order valence-electron chi connectivity index (χ2n) is 3.19. The van der Waals surface area contributed by atoms with Crippen LogP contribution in [0.3, 0.4) is 0 Å². The maximum absolute atomic E-state index is 11.8. The highest BCUT2D eigenvalue weighted by Gasteiger charge is 2.30. The lowest BCUT2D eigenvalue weighted by Gasteiger charge is -2.22. The fourth-order valence-corrected chi connectivity index (χ4v) is 2.06. The van der Waals surface area contributed by atoms with Gasteiger partial charge >= 0.3 is 6.18 Å². The molecular weight excluding hydrogens is 265 g/mol. The van der Waals surface area contributed by atoms with Gasteiger partial charge in [0.25, 0.3) is 10.2 Å². The highest BCUT2D eigenvalue weighted by atomic mass is 32.2. The van der Waals surface area contributed by atoms with Crippen LogP contribution in [0.5, 0.6) is 0 Å². The Labute approximate surface area is 97.6 Å². The number of ether oxygens (including phenoxy) is 2. The van der Waals surface area contributed by atoms with Crippen molar-refractivity contribution in [1.82, 2.24) is 9.44 Å². The van der Waals surface area contributed by atoms with Gasteiger partial charge in [0.2, 0.25) is 0 Å². The molecule has 0 aromatic carbocycles. The first kappa shape index (κ1) is 16.6. The summed E-state index contributed by atoms with van der Waals surface area (Å²) in [5.74, 6) is 0. The number of hydrogen-bond donors (Lipinski definition) is 2. The molecule has 0 aliphatic rings. The fraction of sp³-hybridized carbons (Fsp3) is 1.00. The maximum Gasteiger partial charge on any atom is 0.402 e. The van der Waals surface area contributed by atoms with Crippen LogP contribution in [0.15, 0.2) is 0 Å². The zero-order valence-corrected chi connectivity index (χ0v) is 10.4. The summed E-state index contributed by atoms with van der Waals surface area (Å²) in [7, 11) is -1.70. The summed E-state index contributed by atoms with van der Waals surface area (Å²) in [5, 5.41) is 0. The lowest BCUT2D eigenvalue weighted by molar-refractivity contribution is -0.121. The first-order valence-corrected chi connectivity index (χ1v) is 5.99. The minimum absolute atomic E-state index is 0.837. The minimum Gasteiger partial charge on any atom is -0.354 e.